The lowest BCUT2D eigenvalue weighted by Gasteiger charge is -2.29. The summed E-state index contributed by atoms with van der Waals surface area (Å²) in [5.74, 6) is 1.58. The molecule has 0 aliphatic heterocycles. The smallest absolute Gasteiger partial charge is 0.137 e. The van der Waals surface area contributed by atoms with Gasteiger partial charge in [0.15, 0.2) is 0 Å². The second-order valence-corrected chi connectivity index (χ2v) is 19.0. The molecule has 0 N–H and O–H groups in total. The first-order chi connectivity index (χ1) is 34.7. The normalized spacial score (nSPS) is 17.6. The number of para-hydroxylation sites is 1. The lowest BCUT2D eigenvalue weighted by atomic mass is 9.80. The van der Waals surface area contributed by atoms with Gasteiger partial charge in [-0.2, -0.15) is 0 Å². The SMILES string of the molecule is C1=CCCC(N(c2ccc(C3=CCC4C=CC=CC4=C3)cc2)c2ccc3c4c(oc3c2)C=CC2=c3c(oc5cc(N(c6ccccc6)c6ccc(-c7ccc8ccccc8c7)cc6)ccc35)=CCC24)=C1. The van der Waals surface area contributed by atoms with Crippen LogP contribution in [0.3, 0.4) is 0 Å². The Morgan fingerprint density at radius 3 is 2.06 bits per heavy atom. The van der Waals surface area contributed by atoms with Crippen LogP contribution in [0.2, 0.25) is 0 Å². The topological polar surface area (TPSA) is 32.8 Å². The van der Waals surface area contributed by atoms with Crippen LogP contribution in [0.15, 0.2) is 239 Å². The van der Waals surface area contributed by atoms with Gasteiger partial charge in [0, 0.05) is 79.7 Å². The van der Waals surface area contributed by atoms with Crippen molar-refractivity contribution in [2.24, 2.45) is 5.92 Å². The van der Waals surface area contributed by atoms with Gasteiger partial charge in [-0.25, -0.2) is 0 Å². The fourth-order valence-electron chi connectivity index (χ4n) is 11.5. The first-order valence-electron chi connectivity index (χ1n) is 24.7. The minimum atomic E-state index is 0.149. The van der Waals surface area contributed by atoms with E-state index in [9.17, 15) is 0 Å². The van der Waals surface area contributed by atoms with Crippen LogP contribution in [0.1, 0.15) is 48.5 Å². The molecular formula is C66H48N2O2. The van der Waals surface area contributed by atoms with E-state index >= 15 is 0 Å². The number of hydrogen-bond donors (Lipinski definition) is 0. The molecular weight excluding hydrogens is 853 g/mol. The van der Waals surface area contributed by atoms with Crippen molar-refractivity contribution < 1.29 is 8.83 Å². The van der Waals surface area contributed by atoms with E-state index in [1.165, 1.54) is 60.7 Å². The third-order valence-corrected chi connectivity index (χ3v) is 15.0. The maximum atomic E-state index is 6.80. The van der Waals surface area contributed by atoms with Crippen molar-refractivity contribution in [2.45, 2.75) is 31.6 Å². The number of rotatable bonds is 8. The van der Waals surface area contributed by atoms with Crippen LogP contribution in [-0.4, -0.2) is 0 Å². The lowest BCUT2D eigenvalue weighted by molar-refractivity contribution is 0.567. The Kier molecular flexibility index (Phi) is 9.58. The van der Waals surface area contributed by atoms with E-state index < -0.39 is 0 Å². The van der Waals surface area contributed by atoms with Crippen molar-refractivity contribution in [3.8, 4) is 11.1 Å². The summed E-state index contributed by atoms with van der Waals surface area (Å²) in [5, 5.41) is 5.96. The molecule has 2 atom stereocenters. The van der Waals surface area contributed by atoms with Gasteiger partial charge in [-0.15, -0.1) is 0 Å². The first-order valence-corrected chi connectivity index (χ1v) is 24.7. The van der Waals surface area contributed by atoms with Crippen LogP contribution in [0.4, 0.5) is 28.4 Å². The second kappa shape index (κ2) is 16.6. The van der Waals surface area contributed by atoms with E-state index in [0.717, 1.165) is 87.2 Å². The monoisotopic (exact) mass is 900 g/mol. The zero-order valence-corrected chi connectivity index (χ0v) is 38.6. The van der Waals surface area contributed by atoms with Crippen molar-refractivity contribution in [2.75, 3.05) is 9.80 Å². The number of furan rings is 2. The molecule has 0 saturated heterocycles. The molecule has 2 aromatic heterocycles. The van der Waals surface area contributed by atoms with E-state index in [1.807, 2.05) is 0 Å². The largest absolute Gasteiger partial charge is 0.456 e. The van der Waals surface area contributed by atoms with Crippen molar-refractivity contribution in [1.29, 1.82) is 0 Å². The molecule has 4 heteroatoms. The summed E-state index contributed by atoms with van der Waals surface area (Å²) in [6.07, 6.45) is 30.9. The number of nitrogens with zero attached hydrogens (tertiary/aromatic N) is 2. The van der Waals surface area contributed by atoms with Crippen LogP contribution in [0.25, 0.3) is 67.1 Å². The lowest BCUT2D eigenvalue weighted by Crippen LogP contribution is -2.29. The Hall–Kier alpha value is -8.60. The fraction of sp³-hybridized carbons (Fsp3) is 0.0909. The van der Waals surface area contributed by atoms with Crippen LogP contribution in [0, 0.1) is 5.92 Å². The number of allylic oxidation sites excluding steroid dienone is 13. The van der Waals surface area contributed by atoms with Gasteiger partial charge in [-0.05, 0) is 155 Å². The summed E-state index contributed by atoms with van der Waals surface area (Å²) in [4.78, 5) is 4.72. The fourth-order valence-corrected chi connectivity index (χ4v) is 11.5. The van der Waals surface area contributed by atoms with Gasteiger partial charge >= 0.3 is 0 Å². The highest BCUT2D eigenvalue weighted by molar-refractivity contribution is 5.97. The van der Waals surface area contributed by atoms with Crippen LogP contribution in [-0.2, 0) is 0 Å². The molecule has 2 heterocycles. The van der Waals surface area contributed by atoms with Crippen molar-refractivity contribution in [3.63, 3.8) is 0 Å². The Morgan fingerprint density at radius 2 is 1.23 bits per heavy atom. The first kappa shape index (κ1) is 40.5. The standard InChI is InChI=1S/C66H48N2O2/c1-3-15-51(16-4-1)67(53-27-23-45(24-28-53)49-21-19-43-11-7-9-13-47(43)39-49)55-31-33-59-63(41-55)69-61-37-35-58-57(65(59)61)36-38-62-66(58)60-34-32-56(42-64(60)70-62)68(52-17-5-2-6-18-52)54-29-25-46(26-30-54)50-22-20-44-12-8-10-14-48(44)40-50/h1-5,7-17,19,21-34,36-42,44,58H,6,18,20,35H2. The van der Waals surface area contributed by atoms with Crippen molar-refractivity contribution in [1.82, 2.24) is 0 Å². The van der Waals surface area contributed by atoms with E-state index in [1.54, 1.807) is 0 Å². The predicted octanol–water partition coefficient (Wildman–Crippen LogP) is 16.4. The van der Waals surface area contributed by atoms with E-state index in [2.05, 4.69) is 240 Å². The highest BCUT2D eigenvalue weighted by Gasteiger charge is 2.31. The Morgan fingerprint density at radius 1 is 0.514 bits per heavy atom. The number of anilines is 5. The minimum Gasteiger partial charge on any atom is -0.456 e. The van der Waals surface area contributed by atoms with Crippen LogP contribution < -0.4 is 20.4 Å². The van der Waals surface area contributed by atoms with Gasteiger partial charge in [-0.3, -0.25) is 0 Å². The molecule has 5 aliphatic carbocycles. The molecule has 0 radical (unpaired) electrons. The summed E-state index contributed by atoms with van der Waals surface area (Å²) < 4.78 is 13.6. The predicted molar refractivity (Wildman–Crippen MR) is 291 cm³/mol. The molecule has 334 valence electrons. The van der Waals surface area contributed by atoms with Crippen LogP contribution in [0.5, 0.6) is 0 Å². The molecule has 14 rings (SSSR count). The molecule has 0 fully saturated rings. The molecule has 70 heavy (non-hydrogen) atoms. The maximum absolute atomic E-state index is 6.80. The number of hydrogen-bond acceptors (Lipinski definition) is 4. The van der Waals surface area contributed by atoms with Gasteiger partial charge < -0.3 is 18.6 Å². The van der Waals surface area contributed by atoms with E-state index in [-0.39, 0.29) is 5.92 Å². The Bertz CT molecular complexity index is 3940. The molecule has 0 spiro atoms. The highest BCUT2D eigenvalue weighted by Crippen LogP contribution is 2.46. The quantitative estimate of drug-likeness (QED) is 0.152. The van der Waals surface area contributed by atoms with Crippen LogP contribution >= 0.6 is 0 Å². The van der Waals surface area contributed by atoms with Gasteiger partial charge in [0.05, 0.1) is 0 Å². The third-order valence-electron chi connectivity index (χ3n) is 15.0. The average Bonchev–Trinajstić information content (AvgIpc) is 4.00. The molecule has 7 aromatic carbocycles. The van der Waals surface area contributed by atoms with Crippen molar-refractivity contribution in [3.05, 3.63) is 257 Å². The van der Waals surface area contributed by atoms with Crippen molar-refractivity contribution >= 4 is 84.4 Å². The molecule has 0 bridgehead atoms. The van der Waals surface area contributed by atoms with E-state index in [4.69, 9.17) is 8.83 Å². The van der Waals surface area contributed by atoms with Gasteiger partial charge in [0.1, 0.15) is 22.3 Å². The number of benzene rings is 7. The van der Waals surface area contributed by atoms with Gasteiger partial charge in [0.2, 0.25) is 0 Å². The molecule has 9 aromatic rings. The maximum Gasteiger partial charge on any atom is 0.137 e. The molecule has 0 amide bonds. The average molecular weight is 901 g/mol. The zero-order chi connectivity index (χ0) is 46.1. The summed E-state index contributed by atoms with van der Waals surface area (Å²) in [6.45, 7) is 0. The minimum absolute atomic E-state index is 0.149. The third kappa shape index (κ3) is 6.90. The highest BCUT2D eigenvalue weighted by atomic mass is 16.3. The number of fused-ring (bicyclic) bond motifs is 10. The van der Waals surface area contributed by atoms with Gasteiger partial charge in [-0.1, -0.05) is 134 Å². The summed E-state index contributed by atoms with van der Waals surface area (Å²) in [5.41, 5.74) is 18.3. The molecule has 4 nitrogen and oxygen atoms in total. The Balaban J connectivity index is 0.794. The summed E-state index contributed by atoms with van der Waals surface area (Å²) >= 11 is 0. The Labute approximate surface area is 407 Å². The van der Waals surface area contributed by atoms with E-state index in [0.29, 0.717) is 5.92 Å². The molecule has 0 saturated carbocycles. The molecule has 5 aliphatic rings. The van der Waals surface area contributed by atoms with Gasteiger partial charge in [0.25, 0.3) is 0 Å². The summed E-state index contributed by atoms with van der Waals surface area (Å²) in [7, 11) is 0. The second-order valence-electron chi connectivity index (χ2n) is 19.0. The summed E-state index contributed by atoms with van der Waals surface area (Å²) in [6, 6.07) is 57.3. The zero-order valence-electron chi connectivity index (χ0n) is 38.6. The molecule has 2 unspecified atom stereocenters.